The van der Waals surface area contributed by atoms with Crippen LogP contribution in [0.5, 0.6) is 0 Å². The highest BCUT2D eigenvalue weighted by Gasteiger charge is 2.22. The van der Waals surface area contributed by atoms with Gasteiger partial charge < -0.3 is 9.30 Å². The molecule has 98 valence electrons. The van der Waals surface area contributed by atoms with Crippen LogP contribution in [0.3, 0.4) is 0 Å². The molecule has 1 atom stereocenters. The molecule has 1 aliphatic heterocycles. The summed E-state index contributed by atoms with van der Waals surface area (Å²) >= 11 is 6.01. The van der Waals surface area contributed by atoms with Crippen molar-refractivity contribution >= 4 is 22.6 Å². The monoisotopic (exact) mass is 275 g/mol. The van der Waals surface area contributed by atoms with Gasteiger partial charge in [-0.15, -0.1) is 11.6 Å². The number of alkyl halides is 1. The second-order valence-electron chi connectivity index (χ2n) is 4.69. The summed E-state index contributed by atoms with van der Waals surface area (Å²) in [5.41, 5.74) is 2.32. The number of aromatic nitrogens is 2. The summed E-state index contributed by atoms with van der Waals surface area (Å²) in [6, 6.07) is 8.12. The van der Waals surface area contributed by atoms with Crippen molar-refractivity contribution in [3.05, 3.63) is 29.6 Å². The Morgan fingerprint density at radius 1 is 1.53 bits per heavy atom. The van der Waals surface area contributed by atoms with E-state index >= 15 is 0 Å². The van der Waals surface area contributed by atoms with E-state index in [0.717, 1.165) is 36.3 Å². The molecule has 19 heavy (non-hydrogen) atoms. The molecule has 1 aromatic carbocycles. The number of nitriles is 1. The predicted octanol–water partition coefficient (Wildman–Crippen LogP) is 3.00. The van der Waals surface area contributed by atoms with E-state index in [1.165, 1.54) is 0 Å². The fourth-order valence-corrected chi connectivity index (χ4v) is 2.87. The van der Waals surface area contributed by atoms with Crippen molar-refractivity contribution in [3.63, 3.8) is 0 Å². The van der Waals surface area contributed by atoms with Crippen LogP contribution in [-0.2, 0) is 10.6 Å². The van der Waals surface area contributed by atoms with Gasteiger partial charge in [0.1, 0.15) is 17.4 Å². The summed E-state index contributed by atoms with van der Waals surface area (Å²) < 4.78 is 7.70. The molecule has 3 rings (SSSR count). The molecule has 1 fully saturated rings. The van der Waals surface area contributed by atoms with E-state index in [9.17, 15) is 0 Å². The Labute approximate surface area is 116 Å². The molecule has 0 saturated carbocycles. The van der Waals surface area contributed by atoms with Crippen LogP contribution in [0.4, 0.5) is 0 Å². The van der Waals surface area contributed by atoms with Crippen molar-refractivity contribution in [1.29, 1.82) is 5.26 Å². The van der Waals surface area contributed by atoms with Crippen LogP contribution in [0.2, 0.25) is 0 Å². The number of imidazole rings is 1. The fraction of sp³-hybridized carbons (Fsp3) is 0.429. The van der Waals surface area contributed by atoms with Crippen LogP contribution in [0.15, 0.2) is 18.2 Å². The number of benzene rings is 1. The first-order valence-electron chi connectivity index (χ1n) is 6.38. The standard InChI is InChI=1S/C14H14ClN3O/c15-7-13-17-14-10(8-16)3-1-5-12(14)18(13)11-4-2-6-19-9-11/h1,3,5,11H,2,4,6-7,9H2. The van der Waals surface area contributed by atoms with Crippen LogP contribution in [0, 0.1) is 11.3 Å². The molecule has 5 heteroatoms. The van der Waals surface area contributed by atoms with Gasteiger partial charge in [0.15, 0.2) is 0 Å². The lowest BCUT2D eigenvalue weighted by Gasteiger charge is -2.25. The van der Waals surface area contributed by atoms with Gasteiger partial charge in [-0.25, -0.2) is 4.98 Å². The molecule has 0 aliphatic carbocycles. The van der Waals surface area contributed by atoms with Crippen LogP contribution < -0.4 is 0 Å². The highest BCUT2D eigenvalue weighted by atomic mass is 35.5. The molecular formula is C14H14ClN3O. The maximum Gasteiger partial charge on any atom is 0.125 e. The molecule has 0 bridgehead atoms. The summed E-state index contributed by atoms with van der Waals surface area (Å²) in [5, 5.41) is 9.16. The van der Waals surface area contributed by atoms with Gasteiger partial charge in [0.25, 0.3) is 0 Å². The van der Waals surface area contributed by atoms with Gasteiger partial charge in [0.05, 0.1) is 29.6 Å². The minimum absolute atomic E-state index is 0.265. The highest BCUT2D eigenvalue weighted by Crippen LogP contribution is 2.29. The van der Waals surface area contributed by atoms with E-state index in [-0.39, 0.29) is 6.04 Å². The van der Waals surface area contributed by atoms with Gasteiger partial charge in [-0.1, -0.05) is 6.07 Å². The lowest BCUT2D eigenvalue weighted by Crippen LogP contribution is -2.22. The number of hydrogen-bond acceptors (Lipinski definition) is 3. The summed E-state index contributed by atoms with van der Waals surface area (Å²) in [5.74, 6) is 1.16. The molecule has 0 radical (unpaired) electrons. The fourth-order valence-electron chi connectivity index (χ4n) is 2.68. The lowest BCUT2D eigenvalue weighted by molar-refractivity contribution is 0.0597. The molecule has 1 aliphatic rings. The van der Waals surface area contributed by atoms with Gasteiger partial charge in [-0.05, 0) is 25.0 Å². The zero-order chi connectivity index (χ0) is 13.2. The van der Waals surface area contributed by atoms with E-state index in [1.54, 1.807) is 6.07 Å². The van der Waals surface area contributed by atoms with E-state index in [1.807, 2.05) is 12.1 Å². The molecule has 4 nitrogen and oxygen atoms in total. The molecule has 2 heterocycles. The highest BCUT2D eigenvalue weighted by molar-refractivity contribution is 6.16. The zero-order valence-corrected chi connectivity index (χ0v) is 11.2. The maximum atomic E-state index is 9.16. The first-order valence-corrected chi connectivity index (χ1v) is 6.92. The van der Waals surface area contributed by atoms with Gasteiger partial charge in [0, 0.05) is 6.61 Å². The smallest absolute Gasteiger partial charge is 0.125 e. The summed E-state index contributed by atoms with van der Waals surface area (Å²) in [4.78, 5) is 4.53. The van der Waals surface area contributed by atoms with Crippen molar-refractivity contribution in [2.75, 3.05) is 13.2 Å². The van der Waals surface area contributed by atoms with E-state index in [0.29, 0.717) is 18.1 Å². The van der Waals surface area contributed by atoms with Crippen LogP contribution in [0.1, 0.15) is 30.3 Å². The van der Waals surface area contributed by atoms with Gasteiger partial charge in [-0.2, -0.15) is 5.26 Å². The summed E-state index contributed by atoms with van der Waals surface area (Å²) in [6.45, 7) is 1.51. The Kier molecular flexibility index (Phi) is 3.41. The second kappa shape index (κ2) is 5.20. The minimum atomic E-state index is 0.265. The predicted molar refractivity (Wildman–Crippen MR) is 73.1 cm³/mol. The van der Waals surface area contributed by atoms with E-state index in [4.69, 9.17) is 21.6 Å². The third-order valence-electron chi connectivity index (χ3n) is 3.53. The summed E-state index contributed by atoms with van der Waals surface area (Å²) in [7, 11) is 0. The molecule has 2 aromatic rings. The first-order chi connectivity index (χ1) is 9.35. The normalized spacial score (nSPS) is 19.5. The Morgan fingerprint density at radius 2 is 2.42 bits per heavy atom. The number of ether oxygens (including phenoxy) is 1. The quantitative estimate of drug-likeness (QED) is 0.792. The van der Waals surface area contributed by atoms with Crippen molar-refractivity contribution in [3.8, 4) is 6.07 Å². The third kappa shape index (κ3) is 2.09. The molecule has 1 aromatic heterocycles. The number of hydrogen-bond donors (Lipinski definition) is 0. The molecule has 1 unspecified atom stereocenters. The average Bonchev–Trinajstić information content (AvgIpc) is 2.86. The number of para-hydroxylation sites is 1. The number of nitrogens with zero attached hydrogens (tertiary/aromatic N) is 3. The second-order valence-corrected chi connectivity index (χ2v) is 4.96. The number of halogens is 1. The van der Waals surface area contributed by atoms with E-state index in [2.05, 4.69) is 15.6 Å². The minimum Gasteiger partial charge on any atom is -0.379 e. The molecule has 0 spiro atoms. The summed E-state index contributed by atoms with van der Waals surface area (Å²) in [6.07, 6.45) is 2.11. The Bertz CT molecular complexity index is 638. The Balaban J connectivity index is 2.19. The molecule has 0 amide bonds. The van der Waals surface area contributed by atoms with Crippen molar-refractivity contribution in [1.82, 2.24) is 9.55 Å². The maximum absolute atomic E-state index is 9.16. The van der Waals surface area contributed by atoms with E-state index < -0.39 is 0 Å². The third-order valence-corrected chi connectivity index (χ3v) is 3.77. The molecule has 0 N–H and O–H groups in total. The van der Waals surface area contributed by atoms with Crippen LogP contribution in [-0.4, -0.2) is 22.8 Å². The van der Waals surface area contributed by atoms with Crippen LogP contribution in [0.25, 0.3) is 11.0 Å². The Morgan fingerprint density at radius 3 is 3.11 bits per heavy atom. The SMILES string of the molecule is N#Cc1cccc2c1nc(CCl)n2C1CCCOC1. The Hall–Kier alpha value is -1.57. The first kappa shape index (κ1) is 12.5. The lowest BCUT2D eigenvalue weighted by atomic mass is 10.1. The number of fused-ring (bicyclic) bond motifs is 1. The van der Waals surface area contributed by atoms with Gasteiger partial charge in [0.2, 0.25) is 0 Å². The van der Waals surface area contributed by atoms with Crippen molar-refractivity contribution in [2.24, 2.45) is 0 Å². The van der Waals surface area contributed by atoms with Gasteiger partial charge in [-0.3, -0.25) is 0 Å². The van der Waals surface area contributed by atoms with Gasteiger partial charge >= 0.3 is 0 Å². The van der Waals surface area contributed by atoms with Crippen molar-refractivity contribution < 1.29 is 4.74 Å². The average molecular weight is 276 g/mol. The zero-order valence-electron chi connectivity index (χ0n) is 10.5. The van der Waals surface area contributed by atoms with Crippen LogP contribution >= 0.6 is 11.6 Å². The largest absolute Gasteiger partial charge is 0.379 e. The molecular weight excluding hydrogens is 262 g/mol. The molecule has 1 saturated heterocycles. The topological polar surface area (TPSA) is 50.8 Å². The number of rotatable bonds is 2. The van der Waals surface area contributed by atoms with Crippen molar-refractivity contribution in [2.45, 2.75) is 24.8 Å².